The second-order valence-corrected chi connectivity index (χ2v) is 9.40. The second-order valence-electron chi connectivity index (χ2n) is 8.99. The summed E-state index contributed by atoms with van der Waals surface area (Å²) in [4.78, 5) is 49.7. The molecule has 0 spiro atoms. The number of H-pyrrole nitrogens is 1. The minimum atomic E-state index is -0.777. The lowest BCUT2D eigenvalue weighted by Gasteiger charge is -2.32. The van der Waals surface area contributed by atoms with Gasteiger partial charge < -0.3 is 30.6 Å². The van der Waals surface area contributed by atoms with Crippen LogP contribution >= 0.6 is 11.6 Å². The number of nitrogens with zero attached hydrogens (tertiary/aromatic N) is 4. The first-order valence-corrected chi connectivity index (χ1v) is 12.5. The van der Waals surface area contributed by atoms with Gasteiger partial charge in [-0.1, -0.05) is 11.6 Å². The Bertz CT molecular complexity index is 1300. The van der Waals surface area contributed by atoms with Crippen molar-refractivity contribution in [2.75, 3.05) is 63.6 Å². The van der Waals surface area contributed by atoms with Gasteiger partial charge in [0.25, 0.3) is 17.7 Å². The van der Waals surface area contributed by atoms with E-state index < -0.39 is 11.8 Å². The summed E-state index contributed by atoms with van der Waals surface area (Å²) in [7, 11) is 3.66. The van der Waals surface area contributed by atoms with Crippen LogP contribution in [0.25, 0.3) is 0 Å². The van der Waals surface area contributed by atoms with E-state index in [1.807, 2.05) is 0 Å². The molecule has 1 aliphatic rings. The summed E-state index contributed by atoms with van der Waals surface area (Å²) < 4.78 is 5.88. The molecule has 2 heterocycles. The highest BCUT2D eigenvalue weighted by atomic mass is 35.5. The molecule has 1 fully saturated rings. The smallest absolute Gasteiger partial charge is 0.279 e. The predicted octanol–water partition coefficient (Wildman–Crippen LogP) is 2.32. The Hall–Kier alpha value is -3.93. The summed E-state index contributed by atoms with van der Waals surface area (Å²) in [5, 5.41) is 3.12. The van der Waals surface area contributed by atoms with Crippen molar-refractivity contribution in [3.05, 3.63) is 70.8 Å². The minimum absolute atomic E-state index is 0.0619. The van der Waals surface area contributed by atoms with Crippen LogP contribution in [-0.2, 0) is 0 Å². The SMILES string of the molecule is CN1CCN(CCOc2ccc(Cl)c(C(=O)Nc3ccc(N(C)C(=O)c4nc[nH]c4C(N)=O)cc3)c2)CC1. The number of anilines is 2. The van der Waals surface area contributed by atoms with Crippen LogP contribution < -0.4 is 20.7 Å². The summed E-state index contributed by atoms with van der Waals surface area (Å²) in [6.45, 7) is 5.42. The molecule has 0 atom stereocenters. The highest BCUT2D eigenvalue weighted by Crippen LogP contribution is 2.25. The summed E-state index contributed by atoms with van der Waals surface area (Å²) in [6, 6.07) is 11.6. The third kappa shape index (κ3) is 6.49. The molecule has 0 saturated carbocycles. The van der Waals surface area contributed by atoms with E-state index in [0.29, 0.717) is 28.8 Å². The van der Waals surface area contributed by atoms with Gasteiger partial charge in [-0.15, -0.1) is 0 Å². The highest BCUT2D eigenvalue weighted by molar-refractivity contribution is 6.34. The molecule has 1 aromatic heterocycles. The first-order valence-electron chi connectivity index (χ1n) is 12.1. The number of likely N-dealkylation sites (N-methyl/N-ethyl adjacent to an activating group) is 1. The lowest BCUT2D eigenvalue weighted by atomic mass is 10.2. The van der Waals surface area contributed by atoms with Crippen molar-refractivity contribution < 1.29 is 19.1 Å². The van der Waals surface area contributed by atoms with Gasteiger partial charge in [-0.2, -0.15) is 0 Å². The Morgan fingerprint density at radius 3 is 2.53 bits per heavy atom. The zero-order valence-corrected chi connectivity index (χ0v) is 22.0. The van der Waals surface area contributed by atoms with Gasteiger partial charge in [0, 0.05) is 51.1 Å². The second kappa shape index (κ2) is 12.1. The molecule has 0 unspecified atom stereocenters. The number of aromatic amines is 1. The summed E-state index contributed by atoms with van der Waals surface area (Å²) in [6.07, 6.45) is 1.23. The molecule has 2 aromatic carbocycles. The number of primary amides is 1. The number of benzene rings is 2. The van der Waals surface area contributed by atoms with Gasteiger partial charge in [0.1, 0.15) is 18.1 Å². The fourth-order valence-electron chi connectivity index (χ4n) is 4.02. The Labute approximate surface area is 225 Å². The van der Waals surface area contributed by atoms with Crippen molar-refractivity contribution in [2.24, 2.45) is 5.73 Å². The Morgan fingerprint density at radius 2 is 1.84 bits per heavy atom. The van der Waals surface area contributed by atoms with Crippen LogP contribution in [0.3, 0.4) is 0 Å². The molecular formula is C26H30ClN7O4. The van der Waals surface area contributed by atoms with Crippen molar-refractivity contribution in [3.63, 3.8) is 0 Å². The highest BCUT2D eigenvalue weighted by Gasteiger charge is 2.22. The number of halogens is 1. The third-order valence-corrected chi connectivity index (χ3v) is 6.69. The summed E-state index contributed by atoms with van der Waals surface area (Å²) >= 11 is 6.30. The Morgan fingerprint density at radius 1 is 1.13 bits per heavy atom. The molecule has 1 aliphatic heterocycles. The molecule has 4 N–H and O–H groups in total. The van der Waals surface area contributed by atoms with Gasteiger partial charge in [-0.25, -0.2) is 4.98 Å². The number of piperazine rings is 1. The summed E-state index contributed by atoms with van der Waals surface area (Å²) in [5.41, 5.74) is 6.48. The van der Waals surface area contributed by atoms with Crippen molar-refractivity contribution in [1.29, 1.82) is 0 Å². The number of carbonyl (C=O) groups excluding carboxylic acids is 3. The van der Waals surface area contributed by atoms with Crippen molar-refractivity contribution in [1.82, 2.24) is 19.8 Å². The minimum Gasteiger partial charge on any atom is -0.492 e. The fourth-order valence-corrected chi connectivity index (χ4v) is 4.22. The Kier molecular flexibility index (Phi) is 8.62. The van der Waals surface area contributed by atoms with Crippen LogP contribution in [-0.4, -0.2) is 90.9 Å². The lowest BCUT2D eigenvalue weighted by Crippen LogP contribution is -2.45. The molecule has 0 radical (unpaired) electrons. The molecule has 3 aromatic rings. The quantitative estimate of drug-likeness (QED) is 0.379. The van der Waals surface area contributed by atoms with E-state index in [-0.39, 0.29) is 22.9 Å². The number of carbonyl (C=O) groups is 3. The van der Waals surface area contributed by atoms with E-state index in [1.165, 1.54) is 11.2 Å². The van der Waals surface area contributed by atoms with Gasteiger partial charge in [0.15, 0.2) is 5.69 Å². The monoisotopic (exact) mass is 539 g/mol. The predicted molar refractivity (Wildman–Crippen MR) is 145 cm³/mol. The van der Waals surface area contributed by atoms with Crippen molar-refractivity contribution in [2.45, 2.75) is 0 Å². The number of hydrogen-bond acceptors (Lipinski definition) is 7. The van der Waals surface area contributed by atoms with E-state index in [4.69, 9.17) is 22.1 Å². The van der Waals surface area contributed by atoms with E-state index in [1.54, 1.807) is 49.5 Å². The normalized spacial score (nSPS) is 14.2. The number of ether oxygens (including phenoxy) is 1. The van der Waals surface area contributed by atoms with Crippen LogP contribution in [0.1, 0.15) is 31.3 Å². The van der Waals surface area contributed by atoms with E-state index in [2.05, 4.69) is 32.1 Å². The lowest BCUT2D eigenvalue weighted by molar-refractivity contribution is 0.0958. The van der Waals surface area contributed by atoms with E-state index in [9.17, 15) is 14.4 Å². The molecule has 200 valence electrons. The fraction of sp³-hybridized carbons (Fsp3) is 0.308. The largest absolute Gasteiger partial charge is 0.492 e. The van der Waals surface area contributed by atoms with Gasteiger partial charge in [0.05, 0.1) is 16.9 Å². The molecule has 38 heavy (non-hydrogen) atoms. The third-order valence-electron chi connectivity index (χ3n) is 6.36. The zero-order valence-electron chi connectivity index (χ0n) is 21.2. The molecule has 0 bridgehead atoms. The number of rotatable bonds is 9. The number of nitrogens with two attached hydrogens (primary N) is 1. The van der Waals surface area contributed by atoms with Crippen molar-refractivity contribution in [3.8, 4) is 5.75 Å². The van der Waals surface area contributed by atoms with E-state index >= 15 is 0 Å². The molecule has 4 rings (SSSR count). The maximum atomic E-state index is 12.9. The summed E-state index contributed by atoms with van der Waals surface area (Å²) in [5.74, 6) is -1.11. The molecule has 3 amide bonds. The first kappa shape index (κ1) is 27.1. The topological polar surface area (TPSA) is 137 Å². The molecule has 12 heteroatoms. The van der Waals surface area contributed by atoms with Gasteiger partial charge >= 0.3 is 0 Å². The number of aromatic nitrogens is 2. The van der Waals surface area contributed by atoms with Crippen LogP contribution in [0.4, 0.5) is 11.4 Å². The number of imidazole rings is 1. The molecule has 11 nitrogen and oxygen atoms in total. The van der Waals surface area contributed by atoms with Crippen LogP contribution in [0.5, 0.6) is 5.75 Å². The average Bonchev–Trinajstić information content (AvgIpc) is 3.41. The number of hydrogen-bond donors (Lipinski definition) is 3. The molecule has 0 aliphatic carbocycles. The maximum Gasteiger partial charge on any atom is 0.279 e. The molecular weight excluding hydrogens is 510 g/mol. The number of amides is 3. The average molecular weight is 540 g/mol. The van der Waals surface area contributed by atoms with Gasteiger partial charge in [-0.05, 0) is 49.5 Å². The molecule has 1 saturated heterocycles. The maximum absolute atomic E-state index is 12.9. The first-order chi connectivity index (χ1) is 18.2. The van der Waals surface area contributed by atoms with Crippen molar-refractivity contribution >= 4 is 40.7 Å². The van der Waals surface area contributed by atoms with Crippen LogP contribution in [0.15, 0.2) is 48.8 Å². The number of nitrogens with one attached hydrogen (secondary N) is 2. The van der Waals surface area contributed by atoms with Gasteiger partial charge in [0.2, 0.25) is 0 Å². The zero-order chi connectivity index (χ0) is 27.2. The van der Waals surface area contributed by atoms with E-state index in [0.717, 1.165) is 32.7 Å². The van der Waals surface area contributed by atoms with Crippen LogP contribution in [0, 0.1) is 0 Å². The Balaban J connectivity index is 1.35. The van der Waals surface area contributed by atoms with Crippen LogP contribution in [0.2, 0.25) is 5.02 Å². The standard InChI is InChI=1S/C26H30ClN7O4/c1-32-9-11-34(12-10-32)13-14-38-19-7-8-21(27)20(15-19)25(36)31-17-3-5-18(6-4-17)33(2)26(37)23-22(24(28)35)29-16-30-23/h3-8,15-16H,9-14H2,1-2H3,(H2,28,35)(H,29,30)(H,31,36). The van der Waals surface area contributed by atoms with Gasteiger partial charge in [-0.3, -0.25) is 19.3 Å².